The Balaban J connectivity index is 2.14. The van der Waals surface area contributed by atoms with Crippen molar-refractivity contribution in [1.29, 1.82) is 0 Å². The highest BCUT2D eigenvalue weighted by Gasteiger charge is 2.44. The fourth-order valence-corrected chi connectivity index (χ4v) is 2.82. The van der Waals surface area contributed by atoms with E-state index in [-0.39, 0.29) is 24.8 Å². The van der Waals surface area contributed by atoms with Crippen molar-refractivity contribution < 1.29 is 9.59 Å². The van der Waals surface area contributed by atoms with E-state index in [4.69, 9.17) is 11.6 Å². The molecule has 1 fully saturated rings. The highest BCUT2D eigenvalue weighted by molar-refractivity contribution is 7.09. The van der Waals surface area contributed by atoms with Crippen LogP contribution in [0.15, 0.2) is 5.38 Å². The zero-order valence-corrected chi connectivity index (χ0v) is 11.3. The van der Waals surface area contributed by atoms with Gasteiger partial charge in [0.05, 0.1) is 23.5 Å². The van der Waals surface area contributed by atoms with Crippen molar-refractivity contribution >= 4 is 34.8 Å². The first-order valence-electron chi connectivity index (χ1n) is 5.28. The van der Waals surface area contributed by atoms with E-state index in [1.165, 1.54) is 16.2 Å². The number of aromatic nitrogens is 1. The Labute approximate surface area is 109 Å². The molecule has 0 atom stereocenters. The molecule has 17 heavy (non-hydrogen) atoms. The molecule has 0 N–H and O–H groups in total. The number of carbonyl (C=O) groups is 2. The minimum Gasteiger partial charge on any atom is -0.275 e. The predicted octanol–water partition coefficient (Wildman–Crippen LogP) is 2.17. The van der Waals surface area contributed by atoms with Crippen LogP contribution in [0.25, 0.3) is 0 Å². The Morgan fingerprint density at radius 2 is 2.24 bits per heavy atom. The lowest BCUT2D eigenvalue weighted by Crippen LogP contribution is -2.32. The van der Waals surface area contributed by atoms with Crippen LogP contribution in [0.5, 0.6) is 0 Å². The van der Waals surface area contributed by atoms with E-state index in [1.807, 2.05) is 5.38 Å². The van der Waals surface area contributed by atoms with E-state index in [2.05, 4.69) is 4.98 Å². The number of carbonyl (C=O) groups excluding carboxylic acids is 2. The Morgan fingerprint density at radius 3 is 2.71 bits per heavy atom. The first-order valence-corrected chi connectivity index (χ1v) is 6.69. The summed E-state index contributed by atoms with van der Waals surface area (Å²) in [4.78, 5) is 29.2. The van der Waals surface area contributed by atoms with Crippen LogP contribution in [-0.4, -0.2) is 21.7 Å². The minimum absolute atomic E-state index is 0.120. The number of hydrogen-bond acceptors (Lipinski definition) is 4. The molecule has 0 aliphatic carbocycles. The van der Waals surface area contributed by atoms with E-state index in [0.29, 0.717) is 5.88 Å². The topological polar surface area (TPSA) is 50.3 Å². The van der Waals surface area contributed by atoms with Crippen molar-refractivity contribution in [1.82, 2.24) is 9.88 Å². The van der Waals surface area contributed by atoms with E-state index >= 15 is 0 Å². The molecule has 1 aromatic rings. The molecule has 2 rings (SSSR count). The van der Waals surface area contributed by atoms with Crippen LogP contribution in [0.2, 0.25) is 0 Å². The second kappa shape index (κ2) is 4.38. The Morgan fingerprint density at radius 1 is 1.53 bits per heavy atom. The number of thiazole rings is 1. The maximum Gasteiger partial charge on any atom is 0.235 e. The van der Waals surface area contributed by atoms with Gasteiger partial charge in [-0.3, -0.25) is 14.5 Å². The second-order valence-corrected chi connectivity index (χ2v) is 5.92. The number of halogens is 1. The molecule has 92 valence electrons. The molecule has 0 saturated carbocycles. The summed E-state index contributed by atoms with van der Waals surface area (Å²) in [5.41, 5.74) is 0.203. The van der Waals surface area contributed by atoms with Crippen LogP contribution < -0.4 is 0 Å². The average Bonchev–Trinajstić information content (AvgIpc) is 2.78. The zero-order chi connectivity index (χ0) is 12.6. The average molecular weight is 273 g/mol. The summed E-state index contributed by atoms with van der Waals surface area (Å²) in [6, 6.07) is 0. The molecule has 1 aliphatic heterocycles. The lowest BCUT2D eigenvalue weighted by molar-refractivity contribution is -0.141. The molecule has 1 aliphatic rings. The zero-order valence-electron chi connectivity index (χ0n) is 9.70. The fourth-order valence-electron chi connectivity index (χ4n) is 1.81. The number of nitrogens with zero attached hydrogens (tertiary/aromatic N) is 2. The number of hydrogen-bond donors (Lipinski definition) is 0. The molecule has 0 spiro atoms. The fraction of sp³-hybridized carbons (Fsp3) is 0.545. The van der Waals surface area contributed by atoms with Gasteiger partial charge in [-0.1, -0.05) is 13.8 Å². The third-order valence-corrected chi connectivity index (χ3v) is 3.90. The van der Waals surface area contributed by atoms with Crippen LogP contribution in [-0.2, 0) is 22.0 Å². The van der Waals surface area contributed by atoms with E-state index in [9.17, 15) is 9.59 Å². The van der Waals surface area contributed by atoms with Gasteiger partial charge in [0, 0.05) is 11.8 Å². The van der Waals surface area contributed by atoms with Gasteiger partial charge in [0.15, 0.2) is 0 Å². The normalized spacial score (nSPS) is 19.1. The summed E-state index contributed by atoms with van der Waals surface area (Å²) in [6.07, 6.45) is 0.277. The van der Waals surface area contributed by atoms with Crippen molar-refractivity contribution in [3.05, 3.63) is 16.1 Å². The molecule has 0 unspecified atom stereocenters. The quantitative estimate of drug-likeness (QED) is 0.626. The van der Waals surface area contributed by atoms with Crippen LogP contribution in [0.4, 0.5) is 0 Å². The monoisotopic (exact) mass is 272 g/mol. The van der Waals surface area contributed by atoms with Gasteiger partial charge in [-0.25, -0.2) is 4.98 Å². The van der Waals surface area contributed by atoms with E-state index in [0.717, 1.165) is 10.7 Å². The van der Waals surface area contributed by atoms with Crippen LogP contribution in [0, 0.1) is 5.41 Å². The largest absolute Gasteiger partial charge is 0.275 e. The van der Waals surface area contributed by atoms with Gasteiger partial charge in [-0.05, 0) is 0 Å². The molecule has 0 bridgehead atoms. The summed E-state index contributed by atoms with van der Waals surface area (Å²) in [7, 11) is 0. The Bertz CT molecular complexity index is 470. The SMILES string of the molecule is CC1(C)CC(=O)N(Cc2nc(CCl)cs2)C1=O. The maximum atomic E-state index is 12.0. The Kier molecular flexibility index (Phi) is 3.23. The number of alkyl halides is 1. The molecular formula is C11H13ClN2O2S. The van der Waals surface area contributed by atoms with Crippen LogP contribution >= 0.6 is 22.9 Å². The number of amides is 2. The summed E-state index contributed by atoms with van der Waals surface area (Å²) in [5, 5.41) is 2.60. The number of rotatable bonds is 3. The maximum absolute atomic E-state index is 12.0. The van der Waals surface area contributed by atoms with Crippen molar-refractivity contribution in [2.45, 2.75) is 32.7 Å². The first-order chi connectivity index (χ1) is 7.94. The summed E-state index contributed by atoms with van der Waals surface area (Å²) in [5.74, 6) is 0.108. The summed E-state index contributed by atoms with van der Waals surface area (Å²) in [6.45, 7) is 3.85. The van der Waals surface area contributed by atoms with Crippen molar-refractivity contribution in [2.24, 2.45) is 5.41 Å². The summed E-state index contributed by atoms with van der Waals surface area (Å²) >= 11 is 7.08. The van der Waals surface area contributed by atoms with Gasteiger partial charge < -0.3 is 0 Å². The minimum atomic E-state index is -0.580. The molecule has 0 radical (unpaired) electrons. The molecule has 4 nitrogen and oxygen atoms in total. The molecular weight excluding hydrogens is 260 g/mol. The molecule has 2 heterocycles. The van der Waals surface area contributed by atoms with E-state index < -0.39 is 5.41 Å². The third kappa shape index (κ3) is 2.35. The first kappa shape index (κ1) is 12.5. The standard InChI is InChI=1S/C11H13ClN2O2S/c1-11(2)3-9(15)14(10(11)16)5-8-13-7(4-12)6-17-8/h6H,3-5H2,1-2H3. The molecule has 2 amide bonds. The lowest BCUT2D eigenvalue weighted by Gasteiger charge is -2.16. The highest BCUT2D eigenvalue weighted by atomic mass is 35.5. The predicted molar refractivity (Wildman–Crippen MR) is 65.6 cm³/mol. The number of imide groups is 1. The smallest absolute Gasteiger partial charge is 0.235 e. The van der Waals surface area contributed by atoms with Crippen molar-refractivity contribution in [3.63, 3.8) is 0 Å². The van der Waals surface area contributed by atoms with Crippen LogP contribution in [0.1, 0.15) is 31.0 Å². The highest BCUT2D eigenvalue weighted by Crippen LogP contribution is 2.32. The molecule has 6 heteroatoms. The summed E-state index contributed by atoms with van der Waals surface area (Å²) < 4.78 is 0. The van der Waals surface area contributed by atoms with Crippen molar-refractivity contribution in [3.8, 4) is 0 Å². The second-order valence-electron chi connectivity index (χ2n) is 4.71. The van der Waals surface area contributed by atoms with E-state index in [1.54, 1.807) is 13.8 Å². The third-order valence-electron chi connectivity index (χ3n) is 2.75. The molecule has 1 saturated heterocycles. The van der Waals surface area contributed by atoms with Gasteiger partial charge in [-0.15, -0.1) is 22.9 Å². The molecule has 0 aromatic carbocycles. The van der Waals surface area contributed by atoms with Gasteiger partial charge >= 0.3 is 0 Å². The number of likely N-dealkylation sites (tertiary alicyclic amines) is 1. The van der Waals surface area contributed by atoms with Gasteiger partial charge in [0.2, 0.25) is 11.8 Å². The lowest BCUT2D eigenvalue weighted by atomic mass is 9.92. The van der Waals surface area contributed by atoms with Gasteiger partial charge in [0.1, 0.15) is 5.01 Å². The Hall–Kier alpha value is -0.940. The van der Waals surface area contributed by atoms with Crippen LogP contribution in [0.3, 0.4) is 0 Å². The molecule has 1 aromatic heterocycles. The van der Waals surface area contributed by atoms with Crippen molar-refractivity contribution in [2.75, 3.05) is 0 Å². The van der Waals surface area contributed by atoms with Gasteiger partial charge in [-0.2, -0.15) is 0 Å². The van der Waals surface area contributed by atoms with Gasteiger partial charge in [0.25, 0.3) is 0 Å².